The molecule has 0 aliphatic heterocycles. The molecule has 8 nitrogen and oxygen atoms in total. The van der Waals surface area contributed by atoms with Crippen molar-refractivity contribution in [2.45, 2.75) is 0 Å². The van der Waals surface area contributed by atoms with Crippen molar-refractivity contribution in [3.05, 3.63) is 94.0 Å². The van der Waals surface area contributed by atoms with Gasteiger partial charge in [0.1, 0.15) is 5.75 Å². The van der Waals surface area contributed by atoms with Crippen LogP contribution in [0.25, 0.3) is 0 Å². The number of anilines is 1. The van der Waals surface area contributed by atoms with Gasteiger partial charge in [-0.1, -0.05) is 18.2 Å². The van der Waals surface area contributed by atoms with Crippen LogP contribution >= 0.6 is 0 Å². The molecule has 0 spiro atoms. The van der Waals surface area contributed by atoms with Gasteiger partial charge >= 0.3 is 11.7 Å². The first-order valence-electron chi connectivity index (χ1n) is 8.49. The first-order valence-corrected chi connectivity index (χ1v) is 8.49. The van der Waals surface area contributed by atoms with Gasteiger partial charge < -0.3 is 14.8 Å². The lowest BCUT2D eigenvalue weighted by atomic mass is 10.2. The number of hydrogen-bond donors (Lipinski definition) is 1. The van der Waals surface area contributed by atoms with Crippen molar-refractivity contribution in [2.24, 2.45) is 0 Å². The number of nitrogens with one attached hydrogen (secondary N) is 1. The molecular formula is C21H16N2O6. The lowest BCUT2D eigenvalue weighted by Crippen LogP contribution is -2.12. The predicted molar refractivity (Wildman–Crippen MR) is 105 cm³/mol. The Morgan fingerprint density at radius 1 is 0.931 bits per heavy atom. The number of hydrogen-bond acceptors (Lipinski definition) is 6. The molecule has 3 aromatic carbocycles. The zero-order valence-corrected chi connectivity index (χ0v) is 15.3. The maximum atomic E-state index is 12.3. The molecule has 0 heterocycles. The predicted octanol–water partition coefficient (Wildman–Crippen LogP) is 4.07. The standard InChI is InChI=1S/C21H16N2O6/c1-28-17-11-12-19(18(13-17)23(26)27)29-21(25)15-7-9-16(10-8-15)22-20(24)14-5-3-2-4-6-14/h2-13H,1H3,(H,22,24). The highest BCUT2D eigenvalue weighted by atomic mass is 16.6. The van der Waals surface area contributed by atoms with Gasteiger partial charge in [-0.2, -0.15) is 0 Å². The van der Waals surface area contributed by atoms with E-state index in [2.05, 4.69) is 5.32 Å². The number of nitrogens with zero attached hydrogens (tertiary/aromatic N) is 1. The Bertz CT molecular complexity index is 1050. The van der Waals surface area contributed by atoms with Crippen molar-refractivity contribution < 1.29 is 24.0 Å². The van der Waals surface area contributed by atoms with Gasteiger partial charge in [0.05, 0.1) is 23.7 Å². The topological polar surface area (TPSA) is 108 Å². The lowest BCUT2D eigenvalue weighted by Gasteiger charge is -2.08. The zero-order chi connectivity index (χ0) is 20.8. The molecule has 8 heteroatoms. The third kappa shape index (κ3) is 4.75. The Balaban J connectivity index is 1.71. The summed E-state index contributed by atoms with van der Waals surface area (Å²) in [5.41, 5.74) is 0.783. The van der Waals surface area contributed by atoms with Crippen LogP contribution in [0.2, 0.25) is 0 Å². The van der Waals surface area contributed by atoms with E-state index in [0.29, 0.717) is 11.3 Å². The van der Waals surface area contributed by atoms with E-state index < -0.39 is 10.9 Å². The van der Waals surface area contributed by atoms with E-state index in [0.717, 1.165) is 0 Å². The van der Waals surface area contributed by atoms with Crippen LogP contribution in [0.4, 0.5) is 11.4 Å². The number of esters is 1. The second kappa shape index (κ2) is 8.66. The maximum absolute atomic E-state index is 12.3. The molecule has 0 aromatic heterocycles. The average molecular weight is 392 g/mol. The summed E-state index contributed by atoms with van der Waals surface area (Å²) in [4.78, 5) is 35.0. The molecule has 0 bridgehead atoms. The molecule has 0 aliphatic rings. The summed E-state index contributed by atoms with van der Waals surface area (Å²) >= 11 is 0. The highest BCUT2D eigenvalue weighted by molar-refractivity contribution is 6.04. The summed E-state index contributed by atoms with van der Waals surface area (Å²) in [5, 5.41) is 13.9. The molecule has 0 fully saturated rings. The van der Waals surface area contributed by atoms with Gasteiger partial charge in [-0.3, -0.25) is 14.9 Å². The quantitative estimate of drug-likeness (QED) is 0.293. The summed E-state index contributed by atoms with van der Waals surface area (Å²) in [6, 6.07) is 18.6. The number of carbonyl (C=O) groups is 2. The lowest BCUT2D eigenvalue weighted by molar-refractivity contribution is -0.385. The van der Waals surface area contributed by atoms with E-state index in [9.17, 15) is 19.7 Å². The van der Waals surface area contributed by atoms with Crippen LogP contribution in [0, 0.1) is 10.1 Å². The monoisotopic (exact) mass is 392 g/mol. The number of methoxy groups -OCH3 is 1. The summed E-state index contributed by atoms with van der Waals surface area (Å²) in [6.07, 6.45) is 0. The van der Waals surface area contributed by atoms with Crippen LogP contribution in [0.15, 0.2) is 72.8 Å². The van der Waals surface area contributed by atoms with E-state index in [1.807, 2.05) is 6.07 Å². The minimum Gasteiger partial charge on any atom is -0.496 e. The highest BCUT2D eigenvalue weighted by Gasteiger charge is 2.20. The molecule has 0 aliphatic carbocycles. The van der Waals surface area contributed by atoms with Gasteiger partial charge in [-0.25, -0.2) is 4.79 Å². The Labute approximate surface area is 165 Å². The van der Waals surface area contributed by atoms with Gasteiger partial charge in [0.15, 0.2) is 0 Å². The van der Waals surface area contributed by atoms with Crippen LogP contribution in [-0.4, -0.2) is 23.9 Å². The van der Waals surface area contributed by atoms with E-state index >= 15 is 0 Å². The molecule has 146 valence electrons. The fourth-order valence-corrected chi connectivity index (χ4v) is 2.49. The molecule has 0 atom stereocenters. The fraction of sp³-hybridized carbons (Fsp3) is 0.0476. The summed E-state index contributed by atoms with van der Waals surface area (Å²) < 4.78 is 10.1. The molecule has 1 N–H and O–H groups in total. The number of nitro groups is 1. The van der Waals surface area contributed by atoms with Crippen LogP contribution in [0.1, 0.15) is 20.7 Å². The van der Waals surface area contributed by atoms with E-state index in [4.69, 9.17) is 9.47 Å². The van der Waals surface area contributed by atoms with Crippen molar-refractivity contribution in [3.8, 4) is 11.5 Å². The Hall–Kier alpha value is -4.20. The number of benzene rings is 3. The van der Waals surface area contributed by atoms with E-state index in [1.54, 1.807) is 36.4 Å². The third-order valence-electron chi connectivity index (χ3n) is 3.98. The molecule has 29 heavy (non-hydrogen) atoms. The first kappa shape index (κ1) is 19.6. The second-order valence-electron chi connectivity index (χ2n) is 5.88. The normalized spacial score (nSPS) is 10.1. The fourth-order valence-electron chi connectivity index (χ4n) is 2.49. The summed E-state index contributed by atoms with van der Waals surface area (Å²) in [5.74, 6) is -0.966. The molecule has 0 saturated carbocycles. The van der Waals surface area contributed by atoms with Crippen LogP contribution < -0.4 is 14.8 Å². The van der Waals surface area contributed by atoms with Crippen molar-refractivity contribution in [1.82, 2.24) is 0 Å². The second-order valence-corrected chi connectivity index (χ2v) is 5.88. The SMILES string of the molecule is COc1ccc(OC(=O)c2ccc(NC(=O)c3ccccc3)cc2)c([N+](=O)[O-])c1. The highest BCUT2D eigenvalue weighted by Crippen LogP contribution is 2.31. The van der Waals surface area contributed by atoms with E-state index in [-0.39, 0.29) is 28.7 Å². The van der Waals surface area contributed by atoms with Crippen molar-refractivity contribution >= 4 is 23.3 Å². The van der Waals surface area contributed by atoms with Crippen LogP contribution in [0.5, 0.6) is 11.5 Å². The van der Waals surface area contributed by atoms with Gasteiger partial charge in [0.2, 0.25) is 5.75 Å². The smallest absolute Gasteiger partial charge is 0.343 e. The molecule has 3 aromatic rings. The molecule has 1 amide bonds. The number of amides is 1. The molecule has 0 unspecified atom stereocenters. The largest absolute Gasteiger partial charge is 0.496 e. The molecule has 3 rings (SSSR count). The molecule has 0 radical (unpaired) electrons. The van der Waals surface area contributed by atoms with Gasteiger partial charge in [-0.05, 0) is 48.5 Å². The third-order valence-corrected chi connectivity index (χ3v) is 3.98. The van der Waals surface area contributed by atoms with Gasteiger partial charge in [0, 0.05) is 11.3 Å². The molecule has 0 saturated heterocycles. The molecular weight excluding hydrogens is 376 g/mol. The van der Waals surface area contributed by atoms with Crippen molar-refractivity contribution in [1.29, 1.82) is 0 Å². The zero-order valence-electron chi connectivity index (χ0n) is 15.3. The van der Waals surface area contributed by atoms with Gasteiger partial charge in [0.25, 0.3) is 5.91 Å². The van der Waals surface area contributed by atoms with Gasteiger partial charge in [-0.15, -0.1) is 0 Å². The van der Waals surface area contributed by atoms with Crippen LogP contribution in [0.3, 0.4) is 0 Å². The number of nitro benzene ring substituents is 1. The first-order chi connectivity index (χ1) is 14.0. The van der Waals surface area contributed by atoms with E-state index in [1.165, 1.54) is 37.4 Å². The Kier molecular flexibility index (Phi) is 5.84. The minimum absolute atomic E-state index is 0.174. The van der Waals surface area contributed by atoms with Crippen molar-refractivity contribution in [3.63, 3.8) is 0 Å². The minimum atomic E-state index is -0.765. The Morgan fingerprint density at radius 3 is 2.24 bits per heavy atom. The number of rotatable bonds is 6. The summed E-state index contributed by atoms with van der Waals surface area (Å²) in [7, 11) is 1.38. The average Bonchev–Trinajstić information content (AvgIpc) is 2.75. The number of carbonyl (C=O) groups excluding carboxylic acids is 2. The summed E-state index contributed by atoms with van der Waals surface area (Å²) in [6.45, 7) is 0. The maximum Gasteiger partial charge on any atom is 0.343 e. The van der Waals surface area contributed by atoms with Crippen molar-refractivity contribution in [2.75, 3.05) is 12.4 Å². The van der Waals surface area contributed by atoms with Crippen LogP contribution in [-0.2, 0) is 0 Å². The Morgan fingerprint density at radius 2 is 1.62 bits per heavy atom. The number of ether oxygens (including phenoxy) is 2.